The summed E-state index contributed by atoms with van der Waals surface area (Å²) in [5.74, 6) is 0.553. The summed E-state index contributed by atoms with van der Waals surface area (Å²) in [4.78, 5) is 21.3. The molecule has 5 heterocycles. The standard InChI is InChI=1S/C12H24O7P2.C12H25O4P.C11H22FO4P.C11H23O4P.C10H20O5P.Th/c1-9-8-11(10(17-9)6-7-21(14,15)16)18-20(5,13)19-12(2,3)4;1-7-10-11(8-9(2)14-10)15-17(6,13)16-12(3,4)5;1-8-6-9(10(7-12)14-8)15-17(5,13)16-11(2,3)4;1-8-7-10(9(2)13-8)14-16(6,12)15-11(3,4)5;1-10(2,3)15-16(4,12)14-7-9-8(11)5-6-13-9;/h6-7,9-11H,8H2,1-5H3,(H2,14,15,16);9-11H,7-8H2,1-6H3;8-10H,6-7H2,1-5H3;8-10H,7H2,1-6H3;6,8-9,11H,5,7H2,1-4H3;/q;;;;-1;/p-2/b7-6+;;;;;. The van der Waals surface area contributed by atoms with Crippen LogP contribution in [0.1, 0.15) is 184 Å². The van der Waals surface area contributed by atoms with Gasteiger partial charge in [-0.3, -0.25) is 22.8 Å². The normalized spacial score (nSPS) is 32.2. The predicted octanol–water partition coefficient (Wildman–Crippen LogP) is 13.5. The van der Waals surface area contributed by atoms with Crippen LogP contribution in [-0.4, -0.2) is 165 Å². The molecular weight excluding hydrogens is 1490 g/mol. The van der Waals surface area contributed by atoms with Crippen LogP contribution < -0.4 is 9.79 Å². The van der Waals surface area contributed by atoms with Crippen molar-refractivity contribution >= 4 is 45.6 Å². The van der Waals surface area contributed by atoms with Crippen molar-refractivity contribution in [2.75, 3.05) is 46.6 Å². The molecule has 0 aliphatic carbocycles. The molecule has 0 radical (unpaired) electrons. The van der Waals surface area contributed by atoms with Crippen molar-refractivity contribution < 1.29 is 156 Å². The number of hydrogen-bond donors (Lipinski definition) is 1. The third-order valence-corrected chi connectivity index (χ3v) is 19.8. The molecule has 0 bridgehead atoms. The molecule has 5 aliphatic heterocycles. The van der Waals surface area contributed by atoms with Crippen LogP contribution in [0.25, 0.3) is 0 Å². The summed E-state index contributed by atoms with van der Waals surface area (Å²) in [5, 5.41) is 9.45. The zero-order valence-electron chi connectivity index (χ0n) is 57.4. The number of aliphatic hydroxyl groups is 1. The first kappa shape index (κ1) is 89.7. The first-order chi connectivity index (χ1) is 38.8. The van der Waals surface area contributed by atoms with E-state index < -0.39 is 117 Å². The Hall–Kier alpha value is 1.65. The van der Waals surface area contributed by atoms with Gasteiger partial charge in [0.15, 0.2) is 0 Å². The molecular formula is C56H112FO24P6Th-3. The van der Waals surface area contributed by atoms with Crippen LogP contribution in [0.15, 0.2) is 11.9 Å². The first-order valence-corrected chi connectivity index (χ1v) is 41.2. The van der Waals surface area contributed by atoms with Crippen LogP contribution >= 0.6 is 45.6 Å². The van der Waals surface area contributed by atoms with Gasteiger partial charge in [-0.15, -0.1) is 6.42 Å². The molecule has 0 aromatic rings. The Morgan fingerprint density at radius 2 is 0.841 bits per heavy atom. The van der Waals surface area contributed by atoms with E-state index in [-0.39, 0.29) is 95.4 Å². The SMILES string of the molecule is CC(C)(C)OP(C)(=O)OCC1O[CH-]CC1O.CC1CC(OP(C)(=O)OC(C)(C)C)C(/C=C/P(=O)([O-])[O-])O1.CC1CC(OP(C)(=O)OC(C)(C)C)C(C)O1.CC1CC(OP(C)(=O)OC(C)(C)C)C(CF)O1.CCC1OC(C)CC1OP(C)(=O)OC(C)(C)C.[Th]. The summed E-state index contributed by atoms with van der Waals surface area (Å²) in [7, 11) is -20.4. The second kappa shape index (κ2) is 37.0. The maximum absolute atomic E-state index is 12.7. The van der Waals surface area contributed by atoms with Crippen LogP contribution in [0.4, 0.5) is 4.39 Å². The van der Waals surface area contributed by atoms with Gasteiger partial charge in [0, 0.05) is 98.9 Å². The van der Waals surface area contributed by atoms with E-state index in [9.17, 15) is 46.7 Å². The minimum atomic E-state index is -4.77. The Morgan fingerprint density at radius 3 is 1.18 bits per heavy atom. The molecule has 0 spiro atoms. The summed E-state index contributed by atoms with van der Waals surface area (Å²) in [5.41, 5.74) is -2.64. The van der Waals surface area contributed by atoms with Gasteiger partial charge in [0.25, 0.3) is 0 Å². The maximum atomic E-state index is 12.7. The molecule has 5 aliphatic rings. The van der Waals surface area contributed by atoms with Gasteiger partial charge in [0.05, 0.1) is 108 Å². The van der Waals surface area contributed by atoms with Crippen LogP contribution in [-0.2, 0) is 96.3 Å². The number of halogens is 1. The molecule has 24 nitrogen and oxygen atoms in total. The Labute approximate surface area is 559 Å². The first-order valence-electron chi connectivity index (χ1n) is 29.6. The molecule has 0 amide bonds. The molecule has 0 aromatic heterocycles. The Bertz CT molecular complexity index is 2320. The van der Waals surface area contributed by atoms with Gasteiger partial charge in [-0.2, -0.15) is 0 Å². The van der Waals surface area contributed by atoms with Crippen LogP contribution in [0.5, 0.6) is 0 Å². The van der Waals surface area contributed by atoms with Crippen molar-refractivity contribution in [1.82, 2.24) is 0 Å². The molecule has 5 saturated heterocycles. The Kier molecular flexibility index (Phi) is 37.7. The molecule has 19 unspecified atom stereocenters. The van der Waals surface area contributed by atoms with Crippen molar-refractivity contribution in [3.63, 3.8) is 0 Å². The second-order valence-electron chi connectivity index (χ2n) is 27.8. The van der Waals surface area contributed by atoms with E-state index >= 15 is 0 Å². The minimum absolute atomic E-state index is 0. The fraction of sp³-hybridized carbons (Fsp3) is 0.946. The summed E-state index contributed by atoms with van der Waals surface area (Å²) < 4.78 is 166. The van der Waals surface area contributed by atoms with Gasteiger partial charge in [-0.05, 0) is 152 Å². The van der Waals surface area contributed by atoms with Gasteiger partial charge in [0.1, 0.15) is 18.9 Å². The molecule has 524 valence electrons. The van der Waals surface area contributed by atoms with Gasteiger partial charge >= 0.3 is 38.0 Å². The van der Waals surface area contributed by atoms with Gasteiger partial charge < -0.3 is 88.4 Å². The van der Waals surface area contributed by atoms with Crippen molar-refractivity contribution in [1.29, 1.82) is 0 Å². The zero-order valence-corrected chi connectivity index (χ0v) is 66.8. The molecule has 1 N–H and O–H groups in total. The minimum Gasteiger partial charge on any atom is -0.808 e. The predicted molar refractivity (Wildman–Crippen MR) is 332 cm³/mol. The number of hydrogen-bond acceptors (Lipinski definition) is 24. The van der Waals surface area contributed by atoms with Crippen LogP contribution in [0.2, 0.25) is 0 Å². The molecule has 5 rings (SSSR count). The average molecular weight is 1610 g/mol. The third kappa shape index (κ3) is 41.7. The summed E-state index contributed by atoms with van der Waals surface area (Å²) in [6, 6.07) is 0. The largest absolute Gasteiger partial charge is 0.808 e. The summed E-state index contributed by atoms with van der Waals surface area (Å²) in [6.07, 6.45) is 1.28. The molecule has 88 heavy (non-hydrogen) atoms. The van der Waals surface area contributed by atoms with Crippen LogP contribution in [0.3, 0.4) is 0 Å². The monoisotopic (exact) mass is 1610 g/mol. The number of aliphatic hydroxyl groups excluding tert-OH is 1. The van der Waals surface area contributed by atoms with E-state index in [1.165, 1.54) is 39.9 Å². The van der Waals surface area contributed by atoms with Crippen molar-refractivity contribution in [2.45, 2.75) is 297 Å². The van der Waals surface area contributed by atoms with Crippen molar-refractivity contribution in [3.05, 3.63) is 18.5 Å². The van der Waals surface area contributed by atoms with Crippen molar-refractivity contribution in [3.8, 4) is 0 Å². The number of rotatable bonds is 20. The van der Waals surface area contributed by atoms with E-state index in [1.807, 2.05) is 76.2 Å². The smallest absolute Gasteiger partial charge is 0.328 e. The maximum Gasteiger partial charge on any atom is 0.328 e. The second-order valence-corrected chi connectivity index (χ2v) is 38.9. The summed E-state index contributed by atoms with van der Waals surface area (Å²) >= 11 is 0. The number of ether oxygens (including phenoxy) is 5. The van der Waals surface area contributed by atoms with Crippen molar-refractivity contribution in [2.24, 2.45) is 0 Å². The molecule has 32 heteroatoms. The summed E-state index contributed by atoms with van der Waals surface area (Å²) in [6.45, 7) is 47.1. The van der Waals surface area contributed by atoms with Gasteiger partial charge in [-0.1, -0.05) is 18.8 Å². The van der Waals surface area contributed by atoms with E-state index in [4.69, 9.17) is 68.9 Å². The molecule has 0 saturated carbocycles. The fourth-order valence-electron chi connectivity index (χ4n) is 9.51. The zero-order chi connectivity index (χ0) is 68.0. The van der Waals surface area contributed by atoms with Gasteiger partial charge in [-0.25, -0.2) is 11.0 Å². The Balaban J connectivity index is 0.00000108. The molecule has 19 atom stereocenters. The average Bonchev–Trinajstić information content (AvgIpc) is 2.52. The fourth-order valence-corrected chi connectivity index (χ4v) is 18.4. The van der Waals surface area contributed by atoms with Crippen LogP contribution in [0, 0.1) is 46.5 Å². The topological polar surface area (TPSA) is 307 Å². The van der Waals surface area contributed by atoms with E-state index in [1.54, 1.807) is 69.2 Å². The quantitative estimate of drug-likeness (QED) is 0.0874. The van der Waals surface area contributed by atoms with E-state index in [0.717, 1.165) is 25.3 Å². The van der Waals surface area contributed by atoms with Gasteiger partial charge in [0.2, 0.25) is 0 Å². The third-order valence-electron chi connectivity index (χ3n) is 11.7. The van der Waals surface area contributed by atoms with E-state index in [0.29, 0.717) is 25.1 Å². The number of alkyl halides is 1. The Morgan fingerprint density at radius 1 is 0.511 bits per heavy atom. The van der Waals surface area contributed by atoms with E-state index in [2.05, 4.69) is 0 Å². The molecule has 5 fully saturated rings. The molecule has 0 aromatic carbocycles.